The molecule has 1 unspecified atom stereocenters. The Labute approximate surface area is 192 Å². The molecule has 4 aromatic carbocycles. The molecule has 0 spiro atoms. The van der Waals surface area contributed by atoms with E-state index in [1.807, 2.05) is 7.05 Å². The van der Waals surface area contributed by atoms with Crippen molar-refractivity contribution in [1.82, 2.24) is 5.32 Å². The summed E-state index contributed by atoms with van der Waals surface area (Å²) in [7, 11) is 4.20. The van der Waals surface area contributed by atoms with Gasteiger partial charge in [0.15, 0.2) is 0 Å². The first kappa shape index (κ1) is 21.0. The van der Waals surface area contributed by atoms with E-state index in [2.05, 4.69) is 104 Å². The highest BCUT2D eigenvalue weighted by molar-refractivity contribution is 6.08. The molecule has 4 aromatic rings. The molecule has 1 aliphatic rings. The highest BCUT2D eigenvalue weighted by atomic mass is 15.1. The van der Waals surface area contributed by atoms with Gasteiger partial charge in [0.25, 0.3) is 0 Å². The van der Waals surface area contributed by atoms with Crippen molar-refractivity contribution in [2.45, 2.75) is 32.6 Å². The topological polar surface area (TPSA) is 15.3 Å². The predicted octanol–water partition coefficient (Wildman–Crippen LogP) is 6.56. The summed E-state index contributed by atoms with van der Waals surface area (Å²) in [6, 6.07) is 27.4. The fraction of sp³-hybridized carbons (Fsp3) is 0.333. The molecule has 2 nitrogen and oxygen atoms in total. The van der Waals surface area contributed by atoms with Gasteiger partial charge in [-0.2, -0.15) is 0 Å². The van der Waals surface area contributed by atoms with Crippen LogP contribution in [0.5, 0.6) is 0 Å². The second-order valence-electron chi connectivity index (χ2n) is 10.1. The van der Waals surface area contributed by atoms with E-state index in [9.17, 15) is 0 Å². The van der Waals surface area contributed by atoms with Crippen LogP contribution in [0, 0.1) is 5.41 Å². The first-order valence-electron chi connectivity index (χ1n) is 11.9. The van der Waals surface area contributed by atoms with Crippen molar-refractivity contribution in [1.29, 1.82) is 0 Å². The fourth-order valence-corrected chi connectivity index (χ4v) is 5.63. The smallest absolute Gasteiger partial charge is 0.0366 e. The van der Waals surface area contributed by atoms with Gasteiger partial charge < -0.3 is 10.2 Å². The Bertz CT molecular complexity index is 1270. The molecule has 0 fully saturated rings. The molecular formula is C30H34N2. The van der Waals surface area contributed by atoms with Crippen LogP contribution in [0.2, 0.25) is 0 Å². The normalized spacial score (nSPS) is 17.4. The van der Waals surface area contributed by atoms with E-state index in [4.69, 9.17) is 0 Å². The van der Waals surface area contributed by atoms with E-state index in [1.165, 1.54) is 38.4 Å². The van der Waals surface area contributed by atoms with E-state index in [-0.39, 0.29) is 5.41 Å². The molecule has 0 amide bonds. The van der Waals surface area contributed by atoms with Crippen molar-refractivity contribution in [3.8, 4) is 0 Å². The third kappa shape index (κ3) is 3.67. The van der Waals surface area contributed by atoms with E-state index in [0.29, 0.717) is 5.92 Å². The molecule has 1 N–H and O–H groups in total. The maximum atomic E-state index is 3.25. The lowest BCUT2D eigenvalue weighted by molar-refractivity contribution is 0.264. The molecule has 1 atom stereocenters. The lowest BCUT2D eigenvalue weighted by atomic mass is 9.63. The number of hydrogen-bond donors (Lipinski definition) is 1. The van der Waals surface area contributed by atoms with E-state index >= 15 is 0 Å². The molecule has 0 saturated heterocycles. The minimum absolute atomic E-state index is 0.203. The molecule has 0 aromatic heterocycles. The Morgan fingerprint density at radius 1 is 0.906 bits per heavy atom. The Hall–Kier alpha value is -2.84. The summed E-state index contributed by atoms with van der Waals surface area (Å²) >= 11 is 0. The molecule has 164 valence electrons. The van der Waals surface area contributed by atoms with Crippen LogP contribution in [0.1, 0.15) is 36.5 Å². The van der Waals surface area contributed by atoms with Crippen LogP contribution in [-0.4, -0.2) is 27.2 Å². The Kier molecular flexibility index (Phi) is 5.43. The largest absolute Gasteiger partial charge is 0.373 e. The van der Waals surface area contributed by atoms with Gasteiger partial charge in [-0.3, -0.25) is 0 Å². The molecule has 0 heterocycles. The highest BCUT2D eigenvalue weighted by Gasteiger charge is 2.36. The van der Waals surface area contributed by atoms with Crippen molar-refractivity contribution in [3.05, 3.63) is 89.5 Å². The van der Waals surface area contributed by atoms with Crippen molar-refractivity contribution < 1.29 is 0 Å². The standard InChI is InChI=1S/C30H34N2/c1-30(2)20-28-22(13-15-26-25-11-6-5-8-21(25)12-14-27(26)28)19-29(30)23-9-7-10-24(18-23)32(4)17-16-31-3/h5-15,18,29,31H,16-17,19-20H2,1-4H3. The van der Waals surface area contributed by atoms with Crippen LogP contribution in [0.15, 0.2) is 72.8 Å². The van der Waals surface area contributed by atoms with Gasteiger partial charge in [0.1, 0.15) is 0 Å². The lowest BCUT2D eigenvalue weighted by Gasteiger charge is -2.41. The number of nitrogens with one attached hydrogen (secondary N) is 1. The Balaban J connectivity index is 1.54. The molecule has 0 saturated carbocycles. The molecule has 0 radical (unpaired) electrons. The first-order valence-corrected chi connectivity index (χ1v) is 11.9. The Morgan fingerprint density at radius 2 is 1.72 bits per heavy atom. The van der Waals surface area contributed by atoms with Gasteiger partial charge in [-0.1, -0.05) is 74.5 Å². The number of likely N-dealkylation sites (N-methyl/N-ethyl adjacent to an activating group) is 2. The number of benzene rings is 4. The fourth-order valence-electron chi connectivity index (χ4n) is 5.63. The summed E-state index contributed by atoms with van der Waals surface area (Å²) in [5.74, 6) is 0.519. The van der Waals surface area contributed by atoms with Crippen molar-refractivity contribution in [2.75, 3.05) is 32.1 Å². The number of fused-ring (bicyclic) bond motifs is 5. The van der Waals surface area contributed by atoms with Crippen LogP contribution in [0.4, 0.5) is 5.69 Å². The van der Waals surface area contributed by atoms with Crippen LogP contribution >= 0.6 is 0 Å². The van der Waals surface area contributed by atoms with Crippen LogP contribution in [0.3, 0.4) is 0 Å². The van der Waals surface area contributed by atoms with Gasteiger partial charge in [-0.25, -0.2) is 0 Å². The summed E-state index contributed by atoms with van der Waals surface area (Å²) in [4.78, 5) is 2.35. The zero-order valence-electron chi connectivity index (χ0n) is 19.8. The molecular weight excluding hydrogens is 388 g/mol. The number of rotatable bonds is 5. The maximum Gasteiger partial charge on any atom is 0.0366 e. The minimum atomic E-state index is 0.203. The van der Waals surface area contributed by atoms with Gasteiger partial charge in [0.2, 0.25) is 0 Å². The summed E-state index contributed by atoms with van der Waals surface area (Å²) in [6.45, 7) is 6.91. The summed E-state index contributed by atoms with van der Waals surface area (Å²) in [6.07, 6.45) is 2.22. The third-order valence-corrected chi connectivity index (χ3v) is 7.54. The second kappa shape index (κ2) is 8.26. The van der Waals surface area contributed by atoms with E-state index < -0.39 is 0 Å². The van der Waals surface area contributed by atoms with Crippen LogP contribution in [0.25, 0.3) is 21.5 Å². The van der Waals surface area contributed by atoms with Crippen molar-refractivity contribution >= 4 is 27.2 Å². The molecule has 5 rings (SSSR count). The van der Waals surface area contributed by atoms with Gasteiger partial charge in [0, 0.05) is 25.8 Å². The van der Waals surface area contributed by atoms with Crippen LogP contribution < -0.4 is 10.2 Å². The van der Waals surface area contributed by atoms with Crippen LogP contribution in [-0.2, 0) is 12.8 Å². The quantitative estimate of drug-likeness (QED) is 0.367. The Morgan fingerprint density at radius 3 is 2.56 bits per heavy atom. The average Bonchev–Trinajstić information content (AvgIpc) is 2.81. The SMILES string of the molecule is CNCCN(C)c1cccc(C2Cc3ccc4c(ccc5ccccc54)c3CC2(C)C)c1. The third-order valence-electron chi connectivity index (χ3n) is 7.54. The first-order chi connectivity index (χ1) is 15.5. The molecule has 0 aliphatic heterocycles. The molecule has 1 aliphatic carbocycles. The molecule has 2 heteroatoms. The second-order valence-corrected chi connectivity index (χ2v) is 10.1. The van der Waals surface area contributed by atoms with E-state index in [1.54, 1.807) is 5.56 Å². The summed E-state index contributed by atoms with van der Waals surface area (Å²) < 4.78 is 0. The highest BCUT2D eigenvalue weighted by Crippen LogP contribution is 2.48. The molecule has 0 bridgehead atoms. The minimum Gasteiger partial charge on any atom is -0.373 e. The number of nitrogens with zero attached hydrogens (tertiary/aromatic N) is 1. The average molecular weight is 423 g/mol. The van der Waals surface area contributed by atoms with Crippen molar-refractivity contribution in [2.24, 2.45) is 5.41 Å². The zero-order chi connectivity index (χ0) is 22.3. The van der Waals surface area contributed by atoms with Gasteiger partial charge in [-0.15, -0.1) is 0 Å². The number of hydrogen-bond acceptors (Lipinski definition) is 2. The van der Waals surface area contributed by atoms with Gasteiger partial charge in [0.05, 0.1) is 0 Å². The number of anilines is 1. The maximum absolute atomic E-state index is 3.25. The predicted molar refractivity (Wildman–Crippen MR) is 139 cm³/mol. The van der Waals surface area contributed by atoms with Gasteiger partial charge in [-0.05, 0) is 81.6 Å². The van der Waals surface area contributed by atoms with Crippen molar-refractivity contribution in [3.63, 3.8) is 0 Å². The molecule has 32 heavy (non-hydrogen) atoms. The van der Waals surface area contributed by atoms with E-state index in [0.717, 1.165) is 25.9 Å². The lowest BCUT2D eigenvalue weighted by Crippen LogP contribution is -2.32. The van der Waals surface area contributed by atoms with Gasteiger partial charge >= 0.3 is 0 Å². The monoisotopic (exact) mass is 422 g/mol. The zero-order valence-corrected chi connectivity index (χ0v) is 19.8. The summed E-state index contributed by atoms with van der Waals surface area (Å²) in [5, 5.41) is 8.78. The summed E-state index contributed by atoms with van der Waals surface area (Å²) in [5.41, 5.74) is 6.05.